The van der Waals surface area contributed by atoms with Crippen LogP contribution in [0.5, 0.6) is 0 Å². The van der Waals surface area contributed by atoms with Crippen LogP contribution in [0.15, 0.2) is 59.8 Å². The van der Waals surface area contributed by atoms with Gasteiger partial charge in [0.15, 0.2) is 0 Å². The van der Waals surface area contributed by atoms with Crippen molar-refractivity contribution in [3.05, 3.63) is 60.6 Å². The number of fused-ring (bicyclic) bond motifs is 2. The number of piperidine rings is 1. The average molecular weight is 503 g/mol. The molecular formula is C27H30N6O2S. The summed E-state index contributed by atoms with van der Waals surface area (Å²) in [5.41, 5.74) is 5.60. The van der Waals surface area contributed by atoms with Gasteiger partial charge in [0.2, 0.25) is 10.0 Å². The molecule has 0 aliphatic carbocycles. The van der Waals surface area contributed by atoms with Crippen molar-refractivity contribution in [3.63, 3.8) is 0 Å². The first-order chi connectivity index (χ1) is 17.6. The molecule has 0 amide bonds. The summed E-state index contributed by atoms with van der Waals surface area (Å²) < 4.78 is 30.9. The van der Waals surface area contributed by atoms with Gasteiger partial charge in [-0.15, -0.1) is 0 Å². The van der Waals surface area contributed by atoms with Gasteiger partial charge in [-0.1, -0.05) is 18.6 Å². The highest BCUT2D eigenvalue weighted by atomic mass is 32.2. The Bertz CT molecular complexity index is 1490. The minimum absolute atomic E-state index is 0.239. The van der Waals surface area contributed by atoms with Crippen molar-refractivity contribution in [1.82, 2.24) is 29.4 Å². The van der Waals surface area contributed by atoms with Crippen LogP contribution in [-0.4, -0.2) is 59.2 Å². The van der Waals surface area contributed by atoms with E-state index < -0.39 is 10.0 Å². The number of hydrogen-bond donors (Lipinski definition) is 1. The van der Waals surface area contributed by atoms with Gasteiger partial charge in [-0.3, -0.25) is 14.6 Å². The van der Waals surface area contributed by atoms with E-state index in [4.69, 9.17) is 5.10 Å². The van der Waals surface area contributed by atoms with Gasteiger partial charge in [0.25, 0.3) is 0 Å². The summed E-state index contributed by atoms with van der Waals surface area (Å²) in [4.78, 5) is 11.6. The fourth-order valence-electron chi connectivity index (χ4n) is 5.41. The molecule has 0 radical (unpaired) electrons. The van der Waals surface area contributed by atoms with E-state index in [1.54, 1.807) is 24.5 Å². The van der Waals surface area contributed by atoms with Gasteiger partial charge >= 0.3 is 0 Å². The van der Waals surface area contributed by atoms with Crippen molar-refractivity contribution in [2.24, 2.45) is 0 Å². The van der Waals surface area contributed by atoms with Gasteiger partial charge in [0.05, 0.1) is 16.1 Å². The third kappa shape index (κ3) is 4.42. The summed E-state index contributed by atoms with van der Waals surface area (Å²) in [6.07, 6.45) is 9.18. The van der Waals surface area contributed by atoms with Crippen LogP contribution in [0.25, 0.3) is 33.4 Å². The Hall–Kier alpha value is -3.14. The highest BCUT2D eigenvalue weighted by Crippen LogP contribution is 2.39. The number of nitrogens with one attached hydrogen (secondary N) is 1. The smallest absolute Gasteiger partial charge is 0.240 e. The Balaban J connectivity index is 1.33. The zero-order valence-electron chi connectivity index (χ0n) is 20.2. The van der Waals surface area contributed by atoms with Crippen LogP contribution >= 0.6 is 0 Å². The molecule has 4 aromatic rings. The molecule has 0 atom stereocenters. The van der Waals surface area contributed by atoms with Crippen molar-refractivity contribution in [2.75, 3.05) is 26.2 Å². The summed E-state index contributed by atoms with van der Waals surface area (Å²) >= 11 is 0. The Kier molecular flexibility index (Phi) is 6.29. The first kappa shape index (κ1) is 23.3. The van der Waals surface area contributed by atoms with Crippen molar-refractivity contribution in [2.45, 2.75) is 43.5 Å². The van der Waals surface area contributed by atoms with Gasteiger partial charge < -0.3 is 4.90 Å². The van der Waals surface area contributed by atoms with Crippen LogP contribution in [0.3, 0.4) is 0 Å². The second-order valence-corrected chi connectivity index (χ2v) is 11.3. The minimum Gasteiger partial charge on any atom is -0.302 e. The van der Waals surface area contributed by atoms with E-state index in [9.17, 15) is 8.42 Å². The van der Waals surface area contributed by atoms with E-state index in [1.165, 1.54) is 25.0 Å². The maximum atomic E-state index is 13.0. The van der Waals surface area contributed by atoms with Crippen molar-refractivity contribution >= 4 is 20.9 Å². The van der Waals surface area contributed by atoms with Crippen LogP contribution in [0.4, 0.5) is 0 Å². The molecule has 3 aromatic heterocycles. The van der Waals surface area contributed by atoms with E-state index in [0.29, 0.717) is 12.1 Å². The zero-order chi connectivity index (χ0) is 24.5. The molecule has 1 N–H and O–H groups in total. The lowest BCUT2D eigenvalue weighted by atomic mass is 9.97. The van der Waals surface area contributed by atoms with Crippen LogP contribution < -0.4 is 4.72 Å². The molecule has 2 aliphatic rings. The number of hydrogen-bond acceptors (Lipinski definition) is 6. The lowest BCUT2D eigenvalue weighted by Crippen LogP contribution is -2.37. The quantitative estimate of drug-likeness (QED) is 0.412. The molecule has 0 spiro atoms. The molecule has 1 fully saturated rings. The Morgan fingerprint density at radius 2 is 1.81 bits per heavy atom. The minimum atomic E-state index is -3.62. The number of pyridine rings is 2. The number of rotatable bonds is 7. The lowest BCUT2D eigenvalue weighted by Gasteiger charge is -2.26. The normalized spacial score (nSPS) is 16.4. The third-order valence-corrected chi connectivity index (χ3v) is 8.67. The summed E-state index contributed by atoms with van der Waals surface area (Å²) in [6, 6.07) is 13.1. The molecule has 5 heterocycles. The molecule has 1 saturated heterocycles. The van der Waals surface area contributed by atoms with Gasteiger partial charge in [0, 0.05) is 48.7 Å². The fraction of sp³-hybridized carbons (Fsp3) is 0.370. The van der Waals surface area contributed by atoms with E-state index in [-0.39, 0.29) is 4.90 Å². The third-order valence-electron chi connectivity index (χ3n) is 7.21. The standard InChI is InChI=1S/C27H30N6O2S/c34-36(35,30-14-18-32-15-4-1-5-16-32)20-9-10-21-22(11-13-29-24(21)19-20)26-25-8-6-17-33(25)31-27(26)23-7-2-3-12-28-23/h2-3,7,9-13,19,30H,1,4-6,8,14-18H2. The maximum absolute atomic E-state index is 13.0. The largest absolute Gasteiger partial charge is 0.302 e. The van der Waals surface area contributed by atoms with Crippen LogP contribution in [0.1, 0.15) is 31.4 Å². The molecule has 0 bridgehead atoms. The van der Waals surface area contributed by atoms with Crippen LogP contribution in [0.2, 0.25) is 0 Å². The van der Waals surface area contributed by atoms with E-state index >= 15 is 0 Å². The lowest BCUT2D eigenvalue weighted by molar-refractivity contribution is 0.233. The number of nitrogens with zero attached hydrogens (tertiary/aromatic N) is 5. The van der Waals surface area contributed by atoms with E-state index in [0.717, 1.165) is 66.9 Å². The molecule has 0 saturated carbocycles. The highest BCUT2D eigenvalue weighted by Gasteiger charge is 2.26. The molecular weight excluding hydrogens is 472 g/mol. The first-order valence-corrected chi connectivity index (χ1v) is 14.2. The van der Waals surface area contributed by atoms with Gasteiger partial charge in [0.1, 0.15) is 5.69 Å². The second-order valence-electron chi connectivity index (χ2n) is 9.55. The average Bonchev–Trinajstić information content (AvgIpc) is 3.51. The predicted molar refractivity (Wildman–Crippen MR) is 140 cm³/mol. The number of aryl methyl sites for hydroxylation is 1. The molecule has 186 valence electrons. The van der Waals surface area contributed by atoms with Crippen molar-refractivity contribution in [1.29, 1.82) is 0 Å². The molecule has 2 aliphatic heterocycles. The number of aromatic nitrogens is 4. The fourth-order valence-corrected chi connectivity index (χ4v) is 6.46. The van der Waals surface area contributed by atoms with E-state index in [2.05, 4.69) is 24.3 Å². The first-order valence-electron chi connectivity index (χ1n) is 12.7. The highest BCUT2D eigenvalue weighted by molar-refractivity contribution is 7.89. The van der Waals surface area contributed by atoms with Crippen LogP contribution in [-0.2, 0) is 23.0 Å². The monoisotopic (exact) mass is 502 g/mol. The summed E-state index contributed by atoms with van der Waals surface area (Å²) in [5.74, 6) is 0. The summed E-state index contributed by atoms with van der Waals surface area (Å²) in [5, 5.41) is 5.80. The maximum Gasteiger partial charge on any atom is 0.240 e. The van der Waals surface area contributed by atoms with Gasteiger partial charge in [-0.05, 0) is 74.7 Å². The Morgan fingerprint density at radius 1 is 0.917 bits per heavy atom. The molecule has 6 rings (SSSR count). The van der Waals surface area contributed by atoms with E-state index in [1.807, 2.05) is 30.3 Å². The predicted octanol–water partition coefficient (Wildman–Crippen LogP) is 3.87. The summed E-state index contributed by atoms with van der Waals surface area (Å²) in [7, 11) is -3.62. The zero-order valence-corrected chi connectivity index (χ0v) is 21.0. The van der Waals surface area contributed by atoms with Gasteiger partial charge in [-0.2, -0.15) is 5.10 Å². The molecule has 9 heteroatoms. The number of sulfonamides is 1. The van der Waals surface area contributed by atoms with Crippen LogP contribution in [0, 0.1) is 0 Å². The molecule has 0 unspecified atom stereocenters. The Morgan fingerprint density at radius 3 is 2.64 bits per heavy atom. The second kappa shape index (κ2) is 9.72. The Labute approximate surface area is 211 Å². The summed E-state index contributed by atoms with van der Waals surface area (Å²) in [6.45, 7) is 4.12. The topological polar surface area (TPSA) is 93.0 Å². The van der Waals surface area contributed by atoms with Crippen molar-refractivity contribution in [3.8, 4) is 22.5 Å². The molecule has 36 heavy (non-hydrogen) atoms. The SMILES string of the molecule is O=S(=O)(NCCN1CCCCC1)c1ccc2c(-c3c(-c4ccccn4)nn4c3CCC4)ccnc2c1. The molecule has 1 aromatic carbocycles. The van der Waals surface area contributed by atoms with Gasteiger partial charge in [-0.25, -0.2) is 13.1 Å². The number of likely N-dealkylation sites (tertiary alicyclic amines) is 1. The molecule has 8 nitrogen and oxygen atoms in total. The number of benzene rings is 1. The van der Waals surface area contributed by atoms with Crippen molar-refractivity contribution < 1.29 is 8.42 Å².